The van der Waals surface area contributed by atoms with E-state index in [0.717, 1.165) is 37.2 Å². The highest BCUT2D eigenvalue weighted by Crippen LogP contribution is 2.22. The normalized spacial score (nSPS) is 18.9. The summed E-state index contributed by atoms with van der Waals surface area (Å²) in [7, 11) is 0. The van der Waals surface area contributed by atoms with Gasteiger partial charge < -0.3 is 10.6 Å². The first-order valence-corrected chi connectivity index (χ1v) is 10.1. The number of amides is 1. The van der Waals surface area contributed by atoms with Gasteiger partial charge in [-0.05, 0) is 43.4 Å². The number of rotatable bonds is 4. The number of thioether (sulfide) groups is 1. The van der Waals surface area contributed by atoms with Gasteiger partial charge in [-0.2, -0.15) is 0 Å². The second kappa shape index (κ2) is 10.1. The van der Waals surface area contributed by atoms with E-state index in [1.54, 1.807) is 11.8 Å². The third-order valence-corrected chi connectivity index (χ3v) is 5.74. The molecule has 2 fully saturated rings. The van der Waals surface area contributed by atoms with Crippen LogP contribution in [0.3, 0.4) is 0 Å². The standard InChI is InChI=1S/C19H27N3OS.ClH/c20-19(21-17-6-2-1-3-7-17)24-14-15-8-10-16(11-9-15)18(23)22-12-4-5-13-22;/h8-11,17H,1-7,12-14H2,(H2,20,21);1H. The molecule has 2 aliphatic rings. The van der Waals surface area contributed by atoms with Crippen molar-refractivity contribution in [3.63, 3.8) is 0 Å². The Kier molecular flexibility index (Phi) is 8.10. The number of nitrogens with two attached hydrogens (primary N) is 1. The highest BCUT2D eigenvalue weighted by Gasteiger charge is 2.19. The van der Waals surface area contributed by atoms with Crippen LogP contribution < -0.4 is 5.73 Å². The molecule has 1 aliphatic heterocycles. The van der Waals surface area contributed by atoms with Crippen molar-refractivity contribution in [2.45, 2.75) is 56.7 Å². The lowest BCUT2D eigenvalue weighted by Crippen LogP contribution is -2.27. The zero-order valence-electron chi connectivity index (χ0n) is 14.7. The van der Waals surface area contributed by atoms with E-state index in [1.807, 2.05) is 29.2 Å². The summed E-state index contributed by atoms with van der Waals surface area (Å²) >= 11 is 1.60. The van der Waals surface area contributed by atoms with Crippen LogP contribution in [0.25, 0.3) is 0 Å². The molecular weight excluding hydrogens is 354 g/mol. The maximum Gasteiger partial charge on any atom is 0.253 e. The van der Waals surface area contributed by atoms with Crippen molar-refractivity contribution in [2.24, 2.45) is 10.7 Å². The van der Waals surface area contributed by atoms with Crippen LogP contribution in [-0.4, -0.2) is 35.1 Å². The third kappa shape index (κ3) is 5.93. The van der Waals surface area contributed by atoms with Crippen molar-refractivity contribution in [2.75, 3.05) is 13.1 Å². The maximum atomic E-state index is 12.3. The summed E-state index contributed by atoms with van der Waals surface area (Å²) in [6, 6.07) is 8.36. The Bertz CT molecular complexity index is 579. The number of aliphatic imine (C=N–C) groups is 1. The second-order valence-corrected chi connectivity index (χ2v) is 7.74. The highest BCUT2D eigenvalue weighted by atomic mass is 35.5. The molecule has 0 unspecified atom stereocenters. The predicted octanol–water partition coefficient (Wildman–Crippen LogP) is 4.23. The summed E-state index contributed by atoms with van der Waals surface area (Å²) in [6.45, 7) is 1.79. The van der Waals surface area contributed by atoms with Crippen molar-refractivity contribution >= 4 is 35.2 Å². The highest BCUT2D eigenvalue weighted by molar-refractivity contribution is 8.13. The van der Waals surface area contributed by atoms with Gasteiger partial charge in [-0.3, -0.25) is 9.79 Å². The van der Waals surface area contributed by atoms with Gasteiger partial charge in [-0.1, -0.05) is 43.2 Å². The lowest BCUT2D eigenvalue weighted by atomic mass is 9.96. The van der Waals surface area contributed by atoms with Gasteiger partial charge in [-0.25, -0.2) is 0 Å². The van der Waals surface area contributed by atoms with Crippen LogP contribution >= 0.6 is 24.2 Å². The van der Waals surface area contributed by atoms with Gasteiger partial charge in [0, 0.05) is 24.4 Å². The van der Waals surface area contributed by atoms with Gasteiger partial charge >= 0.3 is 0 Å². The first-order chi connectivity index (χ1) is 11.7. The van der Waals surface area contributed by atoms with E-state index in [9.17, 15) is 4.79 Å². The lowest BCUT2D eigenvalue weighted by molar-refractivity contribution is 0.0793. The largest absolute Gasteiger partial charge is 0.379 e. The zero-order valence-corrected chi connectivity index (χ0v) is 16.3. The van der Waals surface area contributed by atoms with Gasteiger partial charge in [0.15, 0.2) is 5.17 Å². The van der Waals surface area contributed by atoms with Crippen molar-refractivity contribution in [1.29, 1.82) is 0 Å². The molecule has 0 radical (unpaired) electrons. The minimum Gasteiger partial charge on any atom is -0.379 e. The van der Waals surface area contributed by atoms with E-state index < -0.39 is 0 Å². The summed E-state index contributed by atoms with van der Waals surface area (Å²) in [4.78, 5) is 18.9. The fraction of sp³-hybridized carbons (Fsp3) is 0.579. The van der Waals surface area contributed by atoms with E-state index in [0.29, 0.717) is 11.2 Å². The van der Waals surface area contributed by atoms with Crippen LogP contribution in [0.15, 0.2) is 29.3 Å². The average Bonchev–Trinajstić information content (AvgIpc) is 3.15. The van der Waals surface area contributed by atoms with Crippen LogP contribution in [0.2, 0.25) is 0 Å². The number of hydrogen-bond donors (Lipinski definition) is 1. The summed E-state index contributed by atoms with van der Waals surface area (Å²) in [5.41, 5.74) is 8.03. The summed E-state index contributed by atoms with van der Waals surface area (Å²) in [5.74, 6) is 0.963. The van der Waals surface area contributed by atoms with Crippen LogP contribution in [0.1, 0.15) is 60.9 Å². The Hall–Kier alpha value is -1.20. The van der Waals surface area contributed by atoms with Gasteiger partial charge in [0.25, 0.3) is 5.91 Å². The summed E-state index contributed by atoms with van der Waals surface area (Å²) in [6.07, 6.45) is 8.49. The number of likely N-dealkylation sites (tertiary alicyclic amines) is 1. The minimum absolute atomic E-state index is 0. The molecule has 4 nitrogen and oxygen atoms in total. The van der Waals surface area contributed by atoms with E-state index in [4.69, 9.17) is 5.73 Å². The first-order valence-electron chi connectivity index (χ1n) is 9.06. The molecule has 0 bridgehead atoms. The predicted molar refractivity (Wildman–Crippen MR) is 109 cm³/mol. The molecule has 0 aromatic heterocycles. The van der Waals surface area contributed by atoms with E-state index in [1.165, 1.54) is 37.7 Å². The van der Waals surface area contributed by atoms with Crippen molar-refractivity contribution in [3.8, 4) is 0 Å². The maximum absolute atomic E-state index is 12.3. The molecule has 6 heteroatoms. The zero-order chi connectivity index (χ0) is 16.8. The minimum atomic E-state index is 0. The number of halogens is 1. The van der Waals surface area contributed by atoms with Crippen LogP contribution in [0.4, 0.5) is 0 Å². The molecule has 0 spiro atoms. The van der Waals surface area contributed by atoms with E-state index >= 15 is 0 Å². The molecule has 1 heterocycles. The summed E-state index contributed by atoms with van der Waals surface area (Å²) in [5, 5.41) is 0.694. The molecular formula is C19H28ClN3OS. The van der Waals surface area contributed by atoms with E-state index in [-0.39, 0.29) is 18.3 Å². The number of nitrogens with zero attached hydrogens (tertiary/aromatic N) is 2. The molecule has 25 heavy (non-hydrogen) atoms. The molecule has 1 saturated carbocycles. The Morgan fingerprint density at radius 2 is 1.72 bits per heavy atom. The molecule has 1 aromatic rings. The van der Waals surface area contributed by atoms with Crippen LogP contribution in [-0.2, 0) is 5.75 Å². The fourth-order valence-electron chi connectivity index (χ4n) is 3.43. The topological polar surface area (TPSA) is 58.7 Å². The number of amidine groups is 1. The fourth-order valence-corrected chi connectivity index (χ4v) is 4.16. The van der Waals surface area contributed by atoms with Gasteiger partial charge in [0.1, 0.15) is 0 Å². The van der Waals surface area contributed by atoms with Gasteiger partial charge in [-0.15, -0.1) is 12.4 Å². The molecule has 138 valence electrons. The summed E-state index contributed by atoms with van der Waals surface area (Å²) < 4.78 is 0. The van der Waals surface area contributed by atoms with Crippen LogP contribution in [0, 0.1) is 0 Å². The Morgan fingerprint density at radius 1 is 1.08 bits per heavy atom. The Morgan fingerprint density at radius 3 is 2.36 bits per heavy atom. The van der Waals surface area contributed by atoms with Crippen LogP contribution in [0.5, 0.6) is 0 Å². The van der Waals surface area contributed by atoms with Crippen molar-refractivity contribution < 1.29 is 4.79 Å². The molecule has 1 saturated heterocycles. The van der Waals surface area contributed by atoms with Gasteiger partial charge in [0.2, 0.25) is 0 Å². The Balaban J connectivity index is 0.00000225. The monoisotopic (exact) mass is 381 g/mol. The van der Waals surface area contributed by atoms with Crippen molar-refractivity contribution in [1.82, 2.24) is 4.90 Å². The molecule has 1 amide bonds. The van der Waals surface area contributed by atoms with Crippen molar-refractivity contribution in [3.05, 3.63) is 35.4 Å². The smallest absolute Gasteiger partial charge is 0.253 e. The number of carbonyl (C=O) groups excluding carboxylic acids is 1. The average molecular weight is 382 g/mol. The Labute approximate surface area is 161 Å². The van der Waals surface area contributed by atoms with Gasteiger partial charge in [0.05, 0.1) is 6.04 Å². The third-order valence-electron chi connectivity index (χ3n) is 4.87. The first kappa shape index (κ1) is 20.1. The van der Waals surface area contributed by atoms with E-state index in [2.05, 4.69) is 4.99 Å². The molecule has 1 aromatic carbocycles. The number of carbonyl (C=O) groups is 1. The SMILES string of the molecule is Cl.NC(=NC1CCCCC1)SCc1ccc(C(=O)N2CCCC2)cc1. The second-order valence-electron chi connectivity index (χ2n) is 6.74. The number of benzene rings is 1. The quantitative estimate of drug-likeness (QED) is 0.627. The molecule has 2 N–H and O–H groups in total. The molecule has 1 aliphatic carbocycles. The molecule has 0 atom stereocenters. The molecule has 3 rings (SSSR count). The lowest BCUT2D eigenvalue weighted by Gasteiger charge is -2.18. The number of hydrogen-bond acceptors (Lipinski definition) is 3.